The number of rotatable bonds is 6. The maximum absolute atomic E-state index is 11.0. The Morgan fingerprint density at radius 1 is 1.50 bits per heavy atom. The molecule has 20 heavy (non-hydrogen) atoms. The lowest BCUT2D eigenvalue weighted by atomic mass is 10.3. The first-order chi connectivity index (χ1) is 9.70. The Balaban J connectivity index is 2.06. The van der Waals surface area contributed by atoms with Crippen molar-refractivity contribution in [3.8, 4) is 0 Å². The summed E-state index contributed by atoms with van der Waals surface area (Å²) >= 11 is 0. The van der Waals surface area contributed by atoms with Crippen LogP contribution in [0.25, 0.3) is 0 Å². The monoisotopic (exact) mass is 283 g/mol. The van der Waals surface area contributed by atoms with E-state index in [9.17, 15) is 10.1 Å². The third kappa shape index (κ3) is 3.75. The molecule has 2 N–H and O–H groups in total. The Morgan fingerprint density at radius 3 is 3.00 bits per heavy atom. The van der Waals surface area contributed by atoms with E-state index in [2.05, 4.69) is 20.6 Å². The van der Waals surface area contributed by atoms with E-state index >= 15 is 0 Å². The second-order valence-corrected chi connectivity index (χ2v) is 4.16. The molecule has 1 atom stereocenters. The zero-order valence-corrected chi connectivity index (χ0v) is 11.2. The third-order valence-corrected chi connectivity index (χ3v) is 2.68. The minimum Gasteiger partial charge on any atom is -0.376 e. The van der Waals surface area contributed by atoms with Gasteiger partial charge >= 0.3 is 5.69 Å². The van der Waals surface area contributed by atoms with Crippen molar-refractivity contribution in [3.05, 3.63) is 16.3 Å². The Labute approximate surface area is 115 Å². The molecule has 1 aromatic rings. The molecule has 9 heteroatoms. The molecule has 1 aliphatic heterocycles. The molecule has 1 aliphatic rings. The lowest BCUT2D eigenvalue weighted by Gasteiger charge is -2.23. The first-order valence-corrected chi connectivity index (χ1v) is 6.39. The fraction of sp³-hybridized carbons (Fsp3) is 0.636. The molecule has 2 rings (SSSR count). The predicted octanol–water partition coefficient (Wildman–Crippen LogP) is 0.644. The Kier molecular flexibility index (Phi) is 5.02. The van der Waals surface area contributed by atoms with Crippen LogP contribution in [-0.4, -0.2) is 53.9 Å². The lowest BCUT2D eigenvalue weighted by molar-refractivity contribution is -0.384. The lowest BCUT2D eigenvalue weighted by Crippen LogP contribution is -2.34. The van der Waals surface area contributed by atoms with Gasteiger partial charge < -0.3 is 20.1 Å². The standard InChI is InChI=1S/C11H17N5O4/c1-2-12-11-14-6-9(16(17)18)10(15-11)13-5-8-7-19-3-4-20-8/h6,8H,2-5,7H2,1H3,(H2,12,13,14,15). The second-order valence-electron chi connectivity index (χ2n) is 4.16. The predicted molar refractivity (Wildman–Crippen MR) is 71.9 cm³/mol. The molecular weight excluding hydrogens is 266 g/mol. The molecule has 0 amide bonds. The smallest absolute Gasteiger partial charge is 0.329 e. The minimum absolute atomic E-state index is 0.138. The number of ether oxygens (including phenoxy) is 2. The van der Waals surface area contributed by atoms with Crippen molar-refractivity contribution in [2.24, 2.45) is 0 Å². The summed E-state index contributed by atoms with van der Waals surface area (Å²) in [5.74, 6) is 0.525. The van der Waals surface area contributed by atoms with Gasteiger partial charge in [-0.15, -0.1) is 0 Å². The van der Waals surface area contributed by atoms with Crippen molar-refractivity contribution >= 4 is 17.5 Å². The zero-order chi connectivity index (χ0) is 14.4. The maximum atomic E-state index is 11.0. The topological polar surface area (TPSA) is 111 Å². The molecule has 2 heterocycles. The van der Waals surface area contributed by atoms with Gasteiger partial charge in [0.1, 0.15) is 6.20 Å². The van der Waals surface area contributed by atoms with Crippen LogP contribution in [0.2, 0.25) is 0 Å². The Bertz CT molecular complexity index is 464. The zero-order valence-electron chi connectivity index (χ0n) is 11.2. The van der Waals surface area contributed by atoms with E-state index in [0.29, 0.717) is 38.9 Å². The highest BCUT2D eigenvalue weighted by Crippen LogP contribution is 2.22. The molecule has 0 bridgehead atoms. The molecule has 0 aliphatic carbocycles. The van der Waals surface area contributed by atoms with Gasteiger partial charge in [0, 0.05) is 13.1 Å². The fourth-order valence-corrected chi connectivity index (χ4v) is 1.75. The molecule has 0 aromatic carbocycles. The Hall–Kier alpha value is -2.00. The van der Waals surface area contributed by atoms with Gasteiger partial charge in [-0.05, 0) is 6.92 Å². The van der Waals surface area contributed by atoms with Crippen LogP contribution in [0.1, 0.15) is 6.92 Å². The van der Waals surface area contributed by atoms with E-state index in [4.69, 9.17) is 9.47 Å². The molecule has 1 fully saturated rings. The number of hydrogen-bond donors (Lipinski definition) is 2. The van der Waals surface area contributed by atoms with E-state index in [1.54, 1.807) is 0 Å². The summed E-state index contributed by atoms with van der Waals surface area (Å²) < 4.78 is 10.7. The summed E-state index contributed by atoms with van der Waals surface area (Å²) in [7, 11) is 0. The highest BCUT2D eigenvalue weighted by atomic mass is 16.6. The quantitative estimate of drug-likeness (QED) is 0.578. The fourth-order valence-electron chi connectivity index (χ4n) is 1.75. The summed E-state index contributed by atoms with van der Waals surface area (Å²) in [6, 6.07) is 0. The summed E-state index contributed by atoms with van der Waals surface area (Å²) in [6.45, 7) is 4.49. The van der Waals surface area contributed by atoms with Crippen LogP contribution in [0.4, 0.5) is 17.5 Å². The number of nitro groups is 1. The molecule has 1 saturated heterocycles. The van der Waals surface area contributed by atoms with Gasteiger partial charge in [0.05, 0.1) is 30.8 Å². The van der Waals surface area contributed by atoms with Crippen molar-refractivity contribution in [3.63, 3.8) is 0 Å². The van der Waals surface area contributed by atoms with E-state index in [0.717, 1.165) is 0 Å². The molecule has 110 valence electrons. The molecule has 0 radical (unpaired) electrons. The van der Waals surface area contributed by atoms with Crippen LogP contribution in [-0.2, 0) is 9.47 Å². The van der Waals surface area contributed by atoms with E-state index in [1.165, 1.54) is 6.20 Å². The van der Waals surface area contributed by atoms with Gasteiger partial charge in [-0.3, -0.25) is 10.1 Å². The van der Waals surface area contributed by atoms with Crippen LogP contribution in [0.5, 0.6) is 0 Å². The van der Waals surface area contributed by atoms with Crippen LogP contribution >= 0.6 is 0 Å². The summed E-state index contributed by atoms with van der Waals surface area (Å²) in [5.41, 5.74) is -0.164. The number of anilines is 2. The van der Waals surface area contributed by atoms with Gasteiger partial charge in [0.25, 0.3) is 0 Å². The van der Waals surface area contributed by atoms with Crippen molar-refractivity contribution in [2.45, 2.75) is 13.0 Å². The van der Waals surface area contributed by atoms with Gasteiger partial charge in [-0.25, -0.2) is 4.98 Å². The molecule has 1 unspecified atom stereocenters. The van der Waals surface area contributed by atoms with Gasteiger partial charge in [-0.1, -0.05) is 0 Å². The molecular formula is C11H17N5O4. The minimum atomic E-state index is -0.518. The number of hydrogen-bond acceptors (Lipinski definition) is 8. The number of nitrogens with one attached hydrogen (secondary N) is 2. The van der Waals surface area contributed by atoms with Gasteiger partial charge in [-0.2, -0.15) is 4.98 Å². The van der Waals surface area contributed by atoms with Crippen LogP contribution in [0, 0.1) is 10.1 Å². The SMILES string of the molecule is CCNc1ncc([N+](=O)[O-])c(NCC2COCCO2)n1. The van der Waals surface area contributed by atoms with E-state index in [1.807, 2.05) is 6.92 Å². The van der Waals surface area contributed by atoms with Crippen LogP contribution in [0.15, 0.2) is 6.20 Å². The number of aromatic nitrogens is 2. The second kappa shape index (κ2) is 6.96. The van der Waals surface area contributed by atoms with E-state index < -0.39 is 4.92 Å². The van der Waals surface area contributed by atoms with Crippen LogP contribution in [0.3, 0.4) is 0 Å². The maximum Gasteiger partial charge on any atom is 0.329 e. The van der Waals surface area contributed by atoms with Crippen molar-refractivity contribution < 1.29 is 14.4 Å². The highest BCUT2D eigenvalue weighted by molar-refractivity contribution is 5.56. The highest BCUT2D eigenvalue weighted by Gasteiger charge is 2.20. The molecule has 0 saturated carbocycles. The average molecular weight is 283 g/mol. The van der Waals surface area contributed by atoms with Crippen molar-refractivity contribution in [1.82, 2.24) is 9.97 Å². The number of nitrogens with zero attached hydrogens (tertiary/aromatic N) is 3. The Morgan fingerprint density at radius 2 is 2.35 bits per heavy atom. The van der Waals surface area contributed by atoms with Crippen molar-refractivity contribution in [1.29, 1.82) is 0 Å². The average Bonchev–Trinajstić information content (AvgIpc) is 2.46. The summed E-state index contributed by atoms with van der Waals surface area (Å²) in [4.78, 5) is 18.4. The third-order valence-electron chi connectivity index (χ3n) is 2.68. The first kappa shape index (κ1) is 14.4. The molecule has 9 nitrogen and oxygen atoms in total. The van der Waals surface area contributed by atoms with Crippen LogP contribution < -0.4 is 10.6 Å². The molecule has 1 aromatic heterocycles. The summed E-state index contributed by atoms with van der Waals surface area (Å²) in [5, 5.41) is 16.8. The largest absolute Gasteiger partial charge is 0.376 e. The molecule has 0 spiro atoms. The van der Waals surface area contributed by atoms with Gasteiger partial charge in [0.15, 0.2) is 0 Å². The van der Waals surface area contributed by atoms with Gasteiger partial charge in [0.2, 0.25) is 11.8 Å². The van der Waals surface area contributed by atoms with E-state index in [-0.39, 0.29) is 17.6 Å². The first-order valence-electron chi connectivity index (χ1n) is 6.39. The normalized spacial score (nSPS) is 18.6. The van der Waals surface area contributed by atoms with Crippen molar-refractivity contribution in [2.75, 3.05) is 43.5 Å². The summed E-state index contributed by atoms with van der Waals surface area (Å²) in [6.07, 6.45) is 1.05.